The number of nitrogens with one attached hydrogen (secondary N) is 2. The van der Waals surface area contributed by atoms with E-state index in [-0.39, 0.29) is 5.56 Å². The van der Waals surface area contributed by atoms with E-state index in [1.54, 1.807) is 6.07 Å². The fourth-order valence-electron chi connectivity index (χ4n) is 2.86. The van der Waals surface area contributed by atoms with E-state index in [1.807, 2.05) is 48.2 Å². The van der Waals surface area contributed by atoms with E-state index < -0.39 is 0 Å². The Morgan fingerprint density at radius 3 is 2.65 bits per heavy atom. The summed E-state index contributed by atoms with van der Waals surface area (Å²) in [5, 5.41) is 4.53. The Bertz CT molecular complexity index is 983. The van der Waals surface area contributed by atoms with Gasteiger partial charge >= 0.3 is 0 Å². The molecule has 0 spiro atoms. The number of para-hydroxylation sites is 2. The van der Waals surface area contributed by atoms with Crippen LogP contribution < -0.4 is 10.9 Å². The Balaban J connectivity index is 1.81. The van der Waals surface area contributed by atoms with Gasteiger partial charge in [0.15, 0.2) is 5.11 Å². The molecule has 6 heteroatoms. The summed E-state index contributed by atoms with van der Waals surface area (Å²) in [4.78, 5) is 21.7. The zero-order valence-corrected chi connectivity index (χ0v) is 15.8. The topological polar surface area (TPSA) is 61.0 Å². The molecule has 0 aliphatic heterocycles. The van der Waals surface area contributed by atoms with E-state index in [9.17, 15) is 4.79 Å². The van der Waals surface area contributed by atoms with Gasteiger partial charge in [0.1, 0.15) is 5.82 Å². The summed E-state index contributed by atoms with van der Waals surface area (Å²) in [6, 6.07) is 15.5. The summed E-state index contributed by atoms with van der Waals surface area (Å²) < 4.78 is 0. The van der Waals surface area contributed by atoms with E-state index in [0.29, 0.717) is 34.9 Å². The van der Waals surface area contributed by atoms with Gasteiger partial charge in [-0.2, -0.15) is 0 Å². The maximum absolute atomic E-state index is 12.3. The van der Waals surface area contributed by atoms with Crippen LogP contribution in [0.4, 0.5) is 5.69 Å². The highest BCUT2D eigenvalue weighted by molar-refractivity contribution is 7.80. The number of hydrogen-bond donors (Lipinski definition) is 2. The summed E-state index contributed by atoms with van der Waals surface area (Å²) in [6.45, 7) is 5.29. The number of aromatic nitrogens is 2. The van der Waals surface area contributed by atoms with Crippen LogP contribution in [0.2, 0.25) is 0 Å². The standard InChI is InChI=1S/C20H22N4OS/c1-3-14-9-5-7-11-16(14)22-20(26)24(4-2)13-18-21-17-12-8-6-10-15(17)19(25)23-18/h5-12H,3-4,13H2,1-2H3,(H,22,26)(H,21,23,25). The lowest BCUT2D eigenvalue weighted by molar-refractivity contribution is 0.429. The van der Waals surface area contributed by atoms with Gasteiger partial charge in [0.2, 0.25) is 0 Å². The van der Waals surface area contributed by atoms with Gasteiger partial charge in [-0.1, -0.05) is 37.3 Å². The number of thiocarbonyl (C=S) groups is 1. The van der Waals surface area contributed by atoms with Crippen LogP contribution in [0.15, 0.2) is 53.3 Å². The molecule has 1 aromatic heterocycles. The highest BCUT2D eigenvalue weighted by atomic mass is 32.1. The molecule has 3 rings (SSSR count). The molecule has 0 radical (unpaired) electrons. The van der Waals surface area contributed by atoms with Crippen LogP contribution >= 0.6 is 12.2 Å². The smallest absolute Gasteiger partial charge is 0.258 e. The predicted octanol–water partition coefficient (Wildman–Crippen LogP) is 3.70. The maximum atomic E-state index is 12.3. The Hall–Kier alpha value is -2.73. The average Bonchev–Trinajstić information content (AvgIpc) is 2.66. The monoisotopic (exact) mass is 366 g/mol. The fourth-order valence-corrected chi connectivity index (χ4v) is 3.17. The van der Waals surface area contributed by atoms with Crippen molar-refractivity contribution in [2.45, 2.75) is 26.8 Å². The van der Waals surface area contributed by atoms with Crippen LogP contribution in [-0.2, 0) is 13.0 Å². The number of aromatic amines is 1. The van der Waals surface area contributed by atoms with Gasteiger partial charge in [-0.15, -0.1) is 0 Å². The second-order valence-electron chi connectivity index (χ2n) is 5.98. The third kappa shape index (κ3) is 3.91. The molecule has 0 saturated carbocycles. The Kier molecular flexibility index (Phi) is 5.63. The van der Waals surface area contributed by atoms with Crippen molar-refractivity contribution in [1.29, 1.82) is 0 Å². The minimum absolute atomic E-state index is 0.128. The number of anilines is 1. The summed E-state index contributed by atoms with van der Waals surface area (Å²) in [6.07, 6.45) is 0.928. The lowest BCUT2D eigenvalue weighted by Crippen LogP contribution is -2.35. The summed E-state index contributed by atoms with van der Waals surface area (Å²) in [5.41, 5.74) is 2.79. The van der Waals surface area contributed by atoms with Crippen molar-refractivity contribution in [1.82, 2.24) is 14.9 Å². The SMILES string of the molecule is CCc1ccccc1NC(=S)N(CC)Cc1nc2ccccc2c(=O)[nH]1. The summed E-state index contributed by atoms with van der Waals surface area (Å²) >= 11 is 5.59. The van der Waals surface area contributed by atoms with Crippen LogP contribution in [0.5, 0.6) is 0 Å². The number of aryl methyl sites for hydroxylation is 1. The van der Waals surface area contributed by atoms with E-state index in [0.717, 1.165) is 12.1 Å². The zero-order chi connectivity index (χ0) is 18.5. The molecule has 0 bridgehead atoms. The van der Waals surface area contributed by atoms with Crippen LogP contribution in [0.25, 0.3) is 10.9 Å². The number of fused-ring (bicyclic) bond motifs is 1. The number of H-pyrrole nitrogens is 1. The van der Waals surface area contributed by atoms with Gasteiger partial charge < -0.3 is 15.2 Å². The molecular weight excluding hydrogens is 344 g/mol. The largest absolute Gasteiger partial charge is 0.342 e. The first-order valence-corrected chi connectivity index (χ1v) is 9.15. The predicted molar refractivity (Wildman–Crippen MR) is 110 cm³/mol. The maximum Gasteiger partial charge on any atom is 0.258 e. The van der Waals surface area contributed by atoms with Gasteiger partial charge in [-0.3, -0.25) is 4.79 Å². The summed E-state index contributed by atoms with van der Waals surface area (Å²) in [7, 11) is 0. The molecule has 134 valence electrons. The van der Waals surface area contributed by atoms with Gasteiger partial charge in [-0.05, 0) is 49.3 Å². The molecule has 0 aliphatic carbocycles. The third-order valence-corrected chi connectivity index (χ3v) is 4.67. The molecule has 1 heterocycles. The molecule has 2 aromatic carbocycles. The molecule has 0 fully saturated rings. The molecule has 0 atom stereocenters. The third-order valence-electron chi connectivity index (χ3n) is 4.31. The highest BCUT2D eigenvalue weighted by Gasteiger charge is 2.12. The Morgan fingerprint density at radius 2 is 1.88 bits per heavy atom. The summed E-state index contributed by atoms with van der Waals surface area (Å²) in [5.74, 6) is 0.600. The molecule has 0 amide bonds. The van der Waals surface area contributed by atoms with Crippen molar-refractivity contribution >= 4 is 33.9 Å². The molecule has 2 N–H and O–H groups in total. The molecule has 3 aromatic rings. The van der Waals surface area contributed by atoms with E-state index in [1.165, 1.54) is 5.56 Å². The number of benzene rings is 2. The van der Waals surface area contributed by atoms with Crippen molar-refractivity contribution in [3.05, 3.63) is 70.3 Å². The normalized spacial score (nSPS) is 10.7. The lowest BCUT2D eigenvalue weighted by atomic mass is 10.1. The first kappa shape index (κ1) is 18.1. The second kappa shape index (κ2) is 8.10. The molecular formula is C20H22N4OS. The van der Waals surface area contributed by atoms with Crippen LogP contribution in [0, 0.1) is 0 Å². The quantitative estimate of drug-likeness (QED) is 0.674. The number of nitrogens with zero attached hydrogens (tertiary/aromatic N) is 2. The van der Waals surface area contributed by atoms with Crippen LogP contribution in [0.3, 0.4) is 0 Å². The molecule has 0 saturated heterocycles. The minimum atomic E-state index is -0.128. The second-order valence-corrected chi connectivity index (χ2v) is 6.37. The Labute approximate surface area is 158 Å². The Morgan fingerprint density at radius 1 is 1.15 bits per heavy atom. The van der Waals surface area contributed by atoms with Gasteiger partial charge in [0.05, 0.1) is 17.4 Å². The van der Waals surface area contributed by atoms with E-state index in [2.05, 4.69) is 28.3 Å². The molecule has 0 aliphatic rings. The number of rotatable bonds is 5. The molecule has 0 unspecified atom stereocenters. The fraction of sp³-hybridized carbons (Fsp3) is 0.250. The van der Waals surface area contributed by atoms with Crippen molar-refractivity contribution in [3.63, 3.8) is 0 Å². The van der Waals surface area contributed by atoms with Crippen molar-refractivity contribution < 1.29 is 0 Å². The lowest BCUT2D eigenvalue weighted by Gasteiger charge is -2.24. The highest BCUT2D eigenvalue weighted by Crippen LogP contribution is 2.16. The van der Waals surface area contributed by atoms with Crippen molar-refractivity contribution in [2.75, 3.05) is 11.9 Å². The van der Waals surface area contributed by atoms with Crippen molar-refractivity contribution in [3.8, 4) is 0 Å². The van der Waals surface area contributed by atoms with E-state index in [4.69, 9.17) is 12.2 Å². The first-order chi connectivity index (χ1) is 12.6. The average molecular weight is 366 g/mol. The minimum Gasteiger partial charge on any atom is -0.342 e. The van der Waals surface area contributed by atoms with E-state index >= 15 is 0 Å². The van der Waals surface area contributed by atoms with Gasteiger partial charge in [0.25, 0.3) is 5.56 Å². The first-order valence-electron chi connectivity index (χ1n) is 8.74. The molecule has 26 heavy (non-hydrogen) atoms. The van der Waals surface area contributed by atoms with Crippen LogP contribution in [0.1, 0.15) is 25.2 Å². The van der Waals surface area contributed by atoms with Gasteiger partial charge in [-0.25, -0.2) is 4.98 Å². The van der Waals surface area contributed by atoms with Gasteiger partial charge in [0, 0.05) is 12.2 Å². The van der Waals surface area contributed by atoms with Crippen LogP contribution in [-0.4, -0.2) is 26.5 Å². The zero-order valence-electron chi connectivity index (χ0n) is 15.0. The molecule has 5 nitrogen and oxygen atoms in total. The number of hydrogen-bond acceptors (Lipinski definition) is 3. The van der Waals surface area contributed by atoms with Crippen molar-refractivity contribution in [2.24, 2.45) is 0 Å².